The number of para-hydroxylation sites is 1. The predicted molar refractivity (Wildman–Crippen MR) is 73.1 cm³/mol. The van der Waals surface area contributed by atoms with Gasteiger partial charge in [-0.3, -0.25) is 0 Å². The maximum absolute atomic E-state index is 6.08. The maximum atomic E-state index is 6.08. The molecule has 1 aromatic carbocycles. The summed E-state index contributed by atoms with van der Waals surface area (Å²) in [7, 11) is 0. The lowest BCUT2D eigenvalue weighted by atomic mass is 10.1. The number of imidazole rings is 1. The highest BCUT2D eigenvalue weighted by atomic mass is 15.2. The molecule has 0 saturated heterocycles. The molecule has 1 aromatic heterocycles. The standard InChI is InChI=1S/C14H21N3/c1-4-7-11(5-2)17-13-10(3)8-6-9-12(13)16-14(17)15/h6,8-9,11H,4-5,7H2,1-3H3,(H2,15,16). The molecule has 92 valence electrons. The van der Waals surface area contributed by atoms with E-state index in [1.807, 2.05) is 12.1 Å². The third-order valence-electron chi connectivity index (χ3n) is 3.40. The van der Waals surface area contributed by atoms with E-state index in [4.69, 9.17) is 5.73 Å². The Morgan fingerprint density at radius 2 is 2.12 bits per heavy atom. The van der Waals surface area contributed by atoms with Crippen LogP contribution < -0.4 is 5.73 Å². The first-order valence-electron chi connectivity index (χ1n) is 6.42. The molecule has 0 aliphatic rings. The van der Waals surface area contributed by atoms with Crippen molar-refractivity contribution in [3.05, 3.63) is 23.8 Å². The summed E-state index contributed by atoms with van der Waals surface area (Å²) in [4.78, 5) is 4.47. The van der Waals surface area contributed by atoms with E-state index in [2.05, 4.69) is 36.4 Å². The molecule has 0 fully saturated rings. The summed E-state index contributed by atoms with van der Waals surface area (Å²) in [6, 6.07) is 6.66. The normalized spacial score (nSPS) is 13.1. The number of nitrogens with two attached hydrogens (primary N) is 1. The molecule has 2 aromatic rings. The van der Waals surface area contributed by atoms with Gasteiger partial charge >= 0.3 is 0 Å². The van der Waals surface area contributed by atoms with Crippen molar-refractivity contribution in [2.45, 2.75) is 46.1 Å². The van der Waals surface area contributed by atoms with Crippen LogP contribution in [-0.2, 0) is 0 Å². The van der Waals surface area contributed by atoms with E-state index in [0.717, 1.165) is 18.4 Å². The van der Waals surface area contributed by atoms with Crippen LogP contribution in [0.15, 0.2) is 18.2 Å². The second-order valence-electron chi connectivity index (χ2n) is 4.63. The Hall–Kier alpha value is -1.51. The van der Waals surface area contributed by atoms with Gasteiger partial charge in [0, 0.05) is 6.04 Å². The van der Waals surface area contributed by atoms with E-state index < -0.39 is 0 Å². The molecule has 0 spiro atoms. The highest BCUT2D eigenvalue weighted by Gasteiger charge is 2.16. The van der Waals surface area contributed by atoms with Crippen LogP contribution in [0.25, 0.3) is 11.0 Å². The third-order valence-corrected chi connectivity index (χ3v) is 3.40. The number of nitrogens with zero attached hydrogens (tertiary/aromatic N) is 2. The van der Waals surface area contributed by atoms with Crippen LogP contribution >= 0.6 is 0 Å². The summed E-state index contributed by atoms with van der Waals surface area (Å²) < 4.78 is 2.22. The minimum Gasteiger partial charge on any atom is -0.369 e. The van der Waals surface area contributed by atoms with Gasteiger partial charge in [0.25, 0.3) is 0 Å². The summed E-state index contributed by atoms with van der Waals surface area (Å²) in [5, 5.41) is 0. The Morgan fingerprint density at radius 3 is 2.76 bits per heavy atom. The lowest BCUT2D eigenvalue weighted by molar-refractivity contribution is 0.463. The third kappa shape index (κ3) is 2.02. The number of hydrogen-bond acceptors (Lipinski definition) is 2. The van der Waals surface area contributed by atoms with Crippen LogP contribution in [0, 0.1) is 6.92 Å². The van der Waals surface area contributed by atoms with Crippen LogP contribution in [0.4, 0.5) is 5.95 Å². The van der Waals surface area contributed by atoms with Gasteiger partial charge < -0.3 is 10.3 Å². The van der Waals surface area contributed by atoms with Crippen molar-refractivity contribution in [3.63, 3.8) is 0 Å². The van der Waals surface area contributed by atoms with Gasteiger partial charge in [-0.05, 0) is 31.4 Å². The number of anilines is 1. The molecule has 3 nitrogen and oxygen atoms in total. The average molecular weight is 231 g/mol. The van der Waals surface area contributed by atoms with E-state index in [0.29, 0.717) is 12.0 Å². The fourth-order valence-corrected chi connectivity index (χ4v) is 2.56. The molecular weight excluding hydrogens is 210 g/mol. The molecule has 0 saturated carbocycles. The SMILES string of the molecule is CCCC(CC)n1c(N)nc2cccc(C)c21. The number of aromatic nitrogens is 2. The first-order valence-corrected chi connectivity index (χ1v) is 6.42. The molecule has 0 bridgehead atoms. The Labute approximate surface area is 103 Å². The molecule has 3 heteroatoms. The number of aryl methyl sites for hydroxylation is 1. The highest BCUT2D eigenvalue weighted by molar-refractivity contribution is 5.81. The summed E-state index contributed by atoms with van der Waals surface area (Å²) in [6.07, 6.45) is 3.42. The van der Waals surface area contributed by atoms with Crippen LogP contribution in [0.1, 0.15) is 44.7 Å². The highest BCUT2D eigenvalue weighted by Crippen LogP contribution is 2.29. The summed E-state index contributed by atoms with van der Waals surface area (Å²) in [5.74, 6) is 0.648. The first kappa shape index (κ1) is 12.0. The van der Waals surface area contributed by atoms with E-state index in [9.17, 15) is 0 Å². The molecule has 2 N–H and O–H groups in total. The van der Waals surface area contributed by atoms with E-state index in [1.165, 1.54) is 17.5 Å². The molecular formula is C14H21N3. The van der Waals surface area contributed by atoms with Crippen molar-refractivity contribution in [2.24, 2.45) is 0 Å². The molecule has 0 amide bonds. The van der Waals surface area contributed by atoms with Crippen molar-refractivity contribution in [1.29, 1.82) is 0 Å². The largest absolute Gasteiger partial charge is 0.369 e. The van der Waals surface area contributed by atoms with Crippen LogP contribution in [0.5, 0.6) is 0 Å². The second kappa shape index (κ2) is 4.78. The van der Waals surface area contributed by atoms with Gasteiger partial charge in [0.15, 0.2) is 0 Å². The summed E-state index contributed by atoms with van der Waals surface area (Å²) in [5.41, 5.74) is 9.54. The molecule has 17 heavy (non-hydrogen) atoms. The molecule has 2 rings (SSSR count). The van der Waals surface area contributed by atoms with Gasteiger partial charge in [0.2, 0.25) is 5.95 Å². The van der Waals surface area contributed by atoms with Crippen LogP contribution in [0.2, 0.25) is 0 Å². The van der Waals surface area contributed by atoms with E-state index >= 15 is 0 Å². The van der Waals surface area contributed by atoms with Crippen molar-refractivity contribution in [1.82, 2.24) is 9.55 Å². The van der Waals surface area contributed by atoms with Crippen molar-refractivity contribution >= 4 is 17.0 Å². The monoisotopic (exact) mass is 231 g/mol. The molecule has 0 aliphatic carbocycles. The average Bonchev–Trinajstić information content (AvgIpc) is 2.64. The number of nitrogen functional groups attached to an aromatic ring is 1. The maximum Gasteiger partial charge on any atom is 0.201 e. The quantitative estimate of drug-likeness (QED) is 0.872. The smallest absolute Gasteiger partial charge is 0.201 e. The van der Waals surface area contributed by atoms with Gasteiger partial charge in [0.1, 0.15) is 0 Å². The zero-order valence-corrected chi connectivity index (χ0v) is 10.9. The van der Waals surface area contributed by atoms with Gasteiger partial charge in [-0.2, -0.15) is 0 Å². The summed E-state index contributed by atoms with van der Waals surface area (Å²) >= 11 is 0. The van der Waals surface area contributed by atoms with Crippen molar-refractivity contribution in [2.75, 3.05) is 5.73 Å². The zero-order valence-electron chi connectivity index (χ0n) is 10.9. The summed E-state index contributed by atoms with van der Waals surface area (Å²) in [6.45, 7) is 6.55. The first-order chi connectivity index (χ1) is 8.19. The number of fused-ring (bicyclic) bond motifs is 1. The minimum atomic E-state index is 0.464. The van der Waals surface area contributed by atoms with Crippen LogP contribution in [0.3, 0.4) is 0 Å². The van der Waals surface area contributed by atoms with E-state index in [-0.39, 0.29) is 0 Å². The second-order valence-corrected chi connectivity index (χ2v) is 4.63. The van der Waals surface area contributed by atoms with Crippen molar-refractivity contribution in [3.8, 4) is 0 Å². The molecule has 1 heterocycles. The topological polar surface area (TPSA) is 43.8 Å². The Balaban J connectivity index is 2.62. The molecule has 0 aliphatic heterocycles. The zero-order chi connectivity index (χ0) is 12.4. The molecule has 1 unspecified atom stereocenters. The fourth-order valence-electron chi connectivity index (χ4n) is 2.56. The van der Waals surface area contributed by atoms with Gasteiger partial charge in [-0.15, -0.1) is 0 Å². The Bertz CT molecular complexity index is 513. The number of hydrogen-bond donors (Lipinski definition) is 1. The number of benzene rings is 1. The van der Waals surface area contributed by atoms with Crippen molar-refractivity contribution < 1.29 is 0 Å². The number of rotatable bonds is 4. The van der Waals surface area contributed by atoms with Gasteiger partial charge in [0.05, 0.1) is 11.0 Å². The van der Waals surface area contributed by atoms with Gasteiger partial charge in [-0.25, -0.2) is 4.98 Å². The Morgan fingerprint density at radius 1 is 1.35 bits per heavy atom. The molecule has 0 radical (unpaired) electrons. The Kier molecular flexibility index (Phi) is 3.36. The lowest BCUT2D eigenvalue weighted by Crippen LogP contribution is -2.11. The lowest BCUT2D eigenvalue weighted by Gasteiger charge is -2.19. The molecule has 1 atom stereocenters. The van der Waals surface area contributed by atoms with Crippen LogP contribution in [-0.4, -0.2) is 9.55 Å². The fraction of sp³-hybridized carbons (Fsp3) is 0.500. The van der Waals surface area contributed by atoms with E-state index in [1.54, 1.807) is 0 Å². The predicted octanol–water partition coefficient (Wildman–Crippen LogP) is 3.68. The minimum absolute atomic E-state index is 0.464. The van der Waals surface area contributed by atoms with Gasteiger partial charge in [-0.1, -0.05) is 32.4 Å².